The van der Waals surface area contributed by atoms with Crippen LogP contribution in [-0.4, -0.2) is 41.2 Å². The Bertz CT molecular complexity index is 1500. The fraction of sp³-hybridized carbons (Fsp3) is 0.130. The van der Waals surface area contributed by atoms with Gasteiger partial charge in [-0.05, 0) is 37.3 Å². The summed E-state index contributed by atoms with van der Waals surface area (Å²) in [7, 11) is -3.59. The van der Waals surface area contributed by atoms with Crippen molar-refractivity contribution in [2.45, 2.75) is 18.4 Å². The van der Waals surface area contributed by atoms with Crippen LogP contribution in [0.15, 0.2) is 74.9 Å². The van der Waals surface area contributed by atoms with Gasteiger partial charge in [-0.15, -0.1) is 4.40 Å². The molecule has 34 heavy (non-hydrogen) atoms. The van der Waals surface area contributed by atoms with Gasteiger partial charge in [-0.3, -0.25) is 18.5 Å². The first-order chi connectivity index (χ1) is 16.4. The van der Waals surface area contributed by atoms with Crippen LogP contribution in [0.5, 0.6) is 11.6 Å². The molecule has 1 aliphatic heterocycles. The molecule has 3 aromatic heterocycles. The molecule has 0 spiro atoms. The first-order valence-electron chi connectivity index (χ1n) is 10.4. The van der Waals surface area contributed by atoms with Gasteiger partial charge >= 0.3 is 0 Å². The normalized spacial score (nSPS) is 15.2. The lowest BCUT2D eigenvalue weighted by Crippen LogP contribution is -2.32. The van der Waals surface area contributed by atoms with Crippen molar-refractivity contribution >= 4 is 33.3 Å². The smallest absolute Gasteiger partial charge is 0.267 e. The number of aromatic nitrogens is 3. The van der Waals surface area contributed by atoms with E-state index < -0.39 is 16.3 Å². The lowest BCUT2D eigenvalue weighted by atomic mass is 10.1. The van der Waals surface area contributed by atoms with Crippen molar-refractivity contribution in [3.63, 3.8) is 0 Å². The van der Waals surface area contributed by atoms with E-state index in [0.717, 1.165) is 0 Å². The molecule has 0 atom stereocenters. The summed E-state index contributed by atoms with van der Waals surface area (Å²) >= 11 is 0. The summed E-state index contributed by atoms with van der Waals surface area (Å²) in [5.74, 6) is -0.0777. The fourth-order valence-electron chi connectivity index (χ4n) is 3.80. The lowest BCUT2D eigenvalue weighted by Gasteiger charge is -2.34. The van der Waals surface area contributed by atoms with E-state index in [2.05, 4.69) is 19.7 Å². The third-order valence-electron chi connectivity index (χ3n) is 5.28. The van der Waals surface area contributed by atoms with E-state index in [1.165, 1.54) is 16.8 Å². The van der Waals surface area contributed by atoms with Gasteiger partial charge in [-0.25, -0.2) is 9.97 Å². The van der Waals surface area contributed by atoms with Gasteiger partial charge in [0.15, 0.2) is 5.84 Å². The minimum absolute atomic E-state index is 0.0423. The summed E-state index contributed by atoms with van der Waals surface area (Å²) in [5.41, 5.74) is 0.366. The molecular weight excluding hydrogens is 458 g/mol. The number of ether oxygens (including phenoxy) is 1. The maximum atomic E-state index is 13.7. The molecule has 5 rings (SSSR count). The number of pyridine rings is 3. The third kappa shape index (κ3) is 3.75. The first-order valence-corrected chi connectivity index (χ1v) is 11.9. The SMILES string of the molecule is CCOc1cccc(Cn2c(=O)c(C3=NS(O)(O)c4ccccc4N3)c(O)c3cccnc32)n1. The van der Waals surface area contributed by atoms with Crippen LogP contribution in [0.4, 0.5) is 5.69 Å². The first kappa shape index (κ1) is 21.9. The zero-order valence-electron chi connectivity index (χ0n) is 18.0. The van der Waals surface area contributed by atoms with E-state index >= 15 is 0 Å². The van der Waals surface area contributed by atoms with E-state index in [1.54, 1.807) is 48.5 Å². The molecule has 174 valence electrons. The van der Waals surface area contributed by atoms with Gasteiger partial charge in [0, 0.05) is 12.3 Å². The van der Waals surface area contributed by atoms with Crippen molar-refractivity contribution in [1.82, 2.24) is 14.5 Å². The van der Waals surface area contributed by atoms with E-state index in [1.807, 2.05) is 6.92 Å². The highest BCUT2D eigenvalue weighted by atomic mass is 32.3. The van der Waals surface area contributed by atoms with Crippen molar-refractivity contribution in [2.75, 3.05) is 11.9 Å². The second-order valence-electron chi connectivity index (χ2n) is 7.47. The zero-order chi connectivity index (χ0) is 23.9. The number of nitrogens with one attached hydrogen (secondary N) is 1. The second kappa shape index (κ2) is 8.45. The summed E-state index contributed by atoms with van der Waals surface area (Å²) in [6.07, 6.45) is 1.52. The van der Waals surface area contributed by atoms with Gasteiger partial charge in [0.1, 0.15) is 21.9 Å². The van der Waals surface area contributed by atoms with E-state index in [-0.39, 0.29) is 34.2 Å². The van der Waals surface area contributed by atoms with Crippen molar-refractivity contribution in [2.24, 2.45) is 4.40 Å². The van der Waals surface area contributed by atoms with Gasteiger partial charge in [-0.2, -0.15) is 0 Å². The Labute approximate surface area is 195 Å². The van der Waals surface area contributed by atoms with Gasteiger partial charge < -0.3 is 15.2 Å². The van der Waals surface area contributed by atoms with Gasteiger partial charge in [0.25, 0.3) is 5.56 Å². The fourth-order valence-corrected chi connectivity index (χ4v) is 4.97. The number of hydrogen-bond acceptors (Lipinski definition) is 9. The molecule has 0 radical (unpaired) electrons. The van der Waals surface area contributed by atoms with Crippen LogP contribution in [0.3, 0.4) is 0 Å². The van der Waals surface area contributed by atoms with Gasteiger partial charge in [0.2, 0.25) is 5.88 Å². The standard InChI is InChI=1S/C23H21N5O5S/c1-2-33-18-11-5-7-14(25-18)13-28-22-15(8-6-12-24-22)20(29)19(23(28)30)21-26-16-9-3-4-10-17(16)34(31,32)27-21/h3-12,29,31-32H,2,13H2,1H3,(H,26,27). The highest BCUT2D eigenvalue weighted by Gasteiger charge is 2.30. The quantitative estimate of drug-likeness (QED) is 0.338. The lowest BCUT2D eigenvalue weighted by molar-refractivity contribution is 0.325. The number of benzene rings is 1. The van der Waals surface area contributed by atoms with Crippen LogP contribution >= 0.6 is 10.8 Å². The molecule has 0 saturated heterocycles. The van der Waals surface area contributed by atoms with Crippen LogP contribution in [0.1, 0.15) is 18.2 Å². The number of para-hydroxylation sites is 1. The predicted octanol–water partition coefficient (Wildman–Crippen LogP) is 3.84. The van der Waals surface area contributed by atoms with E-state index in [9.17, 15) is 19.0 Å². The van der Waals surface area contributed by atoms with Crippen molar-refractivity contribution < 1.29 is 18.9 Å². The number of nitrogens with zero attached hydrogens (tertiary/aromatic N) is 4. The Morgan fingerprint density at radius 2 is 1.91 bits per heavy atom. The molecule has 4 aromatic rings. The number of rotatable bonds is 5. The number of anilines is 1. The minimum atomic E-state index is -3.59. The molecule has 1 aliphatic rings. The summed E-state index contributed by atoms with van der Waals surface area (Å²) < 4.78 is 32.1. The van der Waals surface area contributed by atoms with Crippen LogP contribution in [0, 0.1) is 0 Å². The topological polar surface area (TPSA) is 142 Å². The maximum Gasteiger partial charge on any atom is 0.267 e. The molecule has 0 saturated carbocycles. The summed E-state index contributed by atoms with van der Waals surface area (Å²) in [4.78, 5) is 22.6. The van der Waals surface area contributed by atoms with Crippen LogP contribution in [0.25, 0.3) is 11.0 Å². The highest BCUT2D eigenvalue weighted by Crippen LogP contribution is 2.55. The molecule has 0 amide bonds. The summed E-state index contributed by atoms with van der Waals surface area (Å²) in [6, 6.07) is 15.0. The number of aromatic hydroxyl groups is 1. The number of fused-ring (bicyclic) bond motifs is 2. The molecule has 11 heteroatoms. The largest absolute Gasteiger partial charge is 0.506 e. The molecule has 0 fully saturated rings. The Hall–Kier alpha value is -3.93. The Kier molecular flexibility index (Phi) is 5.44. The Balaban J connectivity index is 1.70. The van der Waals surface area contributed by atoms with E-state index in [4.69, 9.17) is 4.74 Å². The Morgan fingerprint density at radius 1 is 1.09 bits per heavy atom. The predicted molar refractivity (Wildman–Crippen MR) is 130 cm³/mol. The van der Waals surface area contributed by atoms with Crippen molar-refractivity contribution in [1.29, 1.82) is 0 Å². The number of hydrogen-bond donors (Lipinski definition) is 4. The molecular formula is C23H21N5O5S. The van der Waals surface area contributed by atoms with Crippen LogP contribution < -0.4 is 15.6 Å². The minimum Gasteiger partial charge on any atom is -0.506 e. The Morgan fingerprint density at radius 3 is 2.74 bits per heavy atom. The van der Waals surface area contributed by atoms with Crippen LogP contribution in [0.2, 0.25) is 0 Å². The van der Waals surface area contributed by atoms with Crippen molar-refractivity contribution in [3.05, 3.63) is 82.4 Å². The average molecular weight is 480 g/mol. The summed E-state index contributed by atoms with van der Waals surface area (Å²) in [5, 5.41) is 14.3. The van der Waals surface area contributed by atoms with Crippen LogP contribution in [-0.2, 0) is 6.54 Å². The molecule has 4 heterocycles. The van der Waals surface area contributed by atoms with Gasteiger partial charge in [0.05, 0.1) is 29.9 Å². The molecule has 0 aliphatic carbocycles. The third-order valence-corrected chi connectivity index (χ3v) is 6.66. The molecule has 4 N–H and O–H groups in total. The molecule has 0 bridgehead atoms. The molecule has 10 nitrogen and oxygen atoms in total. The maximum absolute atomic E-state index is 13.7. The average Bonchev–Trinajstić information content (AvgIpc) is 2.82. The monoisotopic (exact) mass is 479 g/mol. The second-order valence-corrected chi connectivity index (χ2v) is 9.13. The van der Waals surface area contributed by atoms with E-state index in [0.29, 0.717) is 29.3 Å². The summed E-state index contributed by atoms with van der Waals surface area (Å²) in [6.45, 7) is 2.34. The zero-order valence-corrected chi connectivity index (χ0v) is 18.9. The molecule has 1 aromatic carbocycles. The van der Waals surface area contributed by atoms with Gasteiger partial charge in [-0.1, -0.05) is 29.0 Å². The molecule has 0 unspecified atom stereocenters. The number of amidine groups is 1. The highest BCUT2D eigenvalue weighted by molar-refractivity contribution is 8.23. The van der Waals surface area contributed by atoms with Crippen molar-refractivity contribution in [3.8, 4) is 11.6 Å².